The summed E-state index contributed by atoms with van der Waals surface area (Å²) in [6, 6.07) is 0. The third-order valence-electron chi connectivity index (χ3n) is 1.98. The molecule has 0 spiro atoms. The van der Waals surface area contributed by atoms with Crippen LogP contribution in [0.4, 0.5) is 0 Å². The molecule has 2 nitrogen and oxygen atoms in total. The first-order valence-corrected chi connectivity index (χ1v) is 4.48. The van der Waals surface area contributed by atoms with E-state index in [1.165, 1.54) is 0 Å². The lowest BCUT2D eigenvalue weighted by atomic mass is 9.86. The van der Waals surface area contributed by atoms with Gasteiger partial charge < -0.3 is 9.84 Å². The molecule has 70 valence electrons. The zero-order valence-corrected chi connectivity index (χ0v) is 8.13. The van der Waals surface area contributed by atoms with Crippen LogP contribution in [0.2, 0.25) is 0 Å². The first-order chi connectivity index (χ1) is 5.49. The zero-order chi connectivity index (χ0) is 9.19. The van der Waals surface area contributed by atoms with Crippen LogP contribution in [0, 0.1) is 5.41 Å². The second-order valence-corrected chi connectivity index (χ2v) is 4.59. The Kier molecular flexibility index (Phi) is 2.78. The fraction of sp³-hybridized carbons (Fsp3) is 0.800. The number of aliphatic hydroxyl groups excluding tert-OH is 1. The lowest BCUT2D eigenvalue weighted by Crippen LogP contribution is -2.18. The molecule has 0 saturated heterocycles. The summed E-state index contributed by atoms with van der Waals surface area (Å²) in [5.41, 5.74) is 1.23. The molecule has 0 bridgehead atoms. The lowest BCUT2D eigenvalue weighted by molar-refractivity contribution is 0.150. The van der Waals surface area contributed by atoms with E-state index in [-0.39, 0.29) is 11.5 Å². The predicted molar refractivity (Wildman–Crippen MR) is 48.7 cm³/mol. The Labute approximate surface area is 74.2 Å². The monoisotopic (exact) mass is 170 g/mol. The van der Waals surface area contributed by atoms with Crippen LogP contribution in [0.3, 0.4) is 0 Å². The number of hydrogen-bond acceptors (Lipinski definition) is 2. The lowest BCUT2D eigenvalue weighted by Gasteiger charge is -2.22. The van der Waals surface area contributed by atoms with E-state index < -0.39 is 0 Å². The minimum Gasteiger partial charge on any atom is -0.501 e. The van der Waals surface area contributed by atoms with Gasteiger partial charge in [-0.15, -0.1) is 0 Å². The van der Waals surface area contributed by atoms with Crippen LogP contribution >= 0.6 is 0 Å². The summed E-state index contributed by atoms with van der Waals surface area (Å²) in [5.74, 6) is 0. The highest BCUT2D eigenvalue weighted by Gasteiger charge is 2.21. The molecule has 1 atom stereocenters. The second kappa shape index (κ2) is 3.48. The first kappa shape index (κ1) is 9.59. The molecule has 0 aromatic carbocycles. The van der Waals surface area contributed by atoms with Crippen molar-refractivity contribution in [2.24, 2.45) is 5.41 Å². The van der Waals surface area contributed by atoms with Gasteiger partial charge in [-0.2, -0.15) is 0 Å². The average molecular weight is 170 g/mol. The van der Waals surface area contributed by atoms with Gasteiger partial charge in [0.15, 0.2) is 0 Å². The smallest absolute Gasteiger partial charge is 0.0912 e. The van der Waals surface area contributed by atoms with Crippen molar-refractivity contribution in [2.75, 3.05) is 6.61 Å². The van der Waals surface area contributed by atoms with Crippen molar-refractivity contribution in [1.29, 1.82) is 0 Å². The molecular weight excluding hydrogens is 152 g/mol. The minimum atomic E-state index is -0.313. The molecule has 1 unspecified atom stereocenters. The van der Waals surface area contributed by atoms with Crippen LogP contribution in [0.5, 0.6) is 0 Å². The van der Waals surface area contributed by atoms with E-state index in [1.54, 1.807) is 6.26 Å². The number of hydrogen-bond donors (Lipinski definition) is 1. The van der Waals surface area contributed by atoms with Crippen molar-refractivity contribution >= 4 is 0 Å². The van der Waals surface area contributed by atoms with Gasteiger partial charge in [-0.25, -0.2) is 0 Å². The Balaban J connectivity index is 2.42. The summed E-state index contributed by atoms with van der Waals surface area (Å²) in [5, 5.41) is 9.74. The molecule has 0 aliphatic carbocycles. The Morgan fingerprint density at radius 1 is 1.58 bits per heavy atom. The summed E-state index contributed by atoms with van der Waals surface area (Å²) >= 11 is 0. The molecule has 1 aliphatic rings. The molecule has 1 aliphatic heterocycles. The normalized spacial score (nSPS) is 20.2. The Bertz CT molecular complexity index is 177. The Morgan fingerprint density at radius 2 is 2.25 bits per heavy atom. The van der Waals surface area contributed by atoms with Crippen molar-refractivity contribution < 1.29 is 9.84 Å². The summed E-state index contributed by atoms with van der Waals surface area (Å²) in [7, 11) is 0. The Hall–Kier alpha value is -0.500. The first-order valence-electron chi connectivity index (χ1n) is 4.48. The number of rotatable bonds is 2. The fourth-order valence-corrected chi connectivity index (χ4v) is 1.36. The Morgan fingerprint density at radius 3 is 2.67 bits per heavy atom. The van der Waals surface area contributed by atoms with E-state index in [2.05, 4.69) is 20.8 Å². The van der Waals surface area contributed by atoms with Crippen molar-refractivity contribution in [3.63, 3.8) is 0 Å². The van der Waals surface area contributed by atoms with Gasteiger partial charge in [0, 0.05) is 6.42 Å². The molecule has 1 N–H and O–H groups in total. The largest absolute Gasteiger partial charge is 0.501 e. The molecule has 2 heteroatoms. The van der Waals surface area contributed by atoms with E-state index in [0.29, 0.717) is 0 Å². The van der Waals surface area contributed by atoms with Crippen molar-refractivity contribution in [2.45, 2.75) is 39.7 Å². The standard InChI is InChI=1S/C10H18O2/c1-10(2,3)6-9(11)8-4-5-12-7-8/h7,9,11H,4-6H2,1-3H3. The van der Waals surface area contributed by atoms with Crippen LogP contribution in [0.1, 0.15) is 33.6 Å². The second-order valence-electron chi connectivity index (χ2n) is 4.59. The summed E-state index contributed by atoms with van der Waals surface area (Å²) in [6.07, 6.45) is 3.09. The van der Waals surface area contributed by atoms with Crippen LogP contribution in [0.25, 0.3) is 0 Å². The molecule has 1 rings (SSSR count). The third kappa shape index (κ3) is 2.86. The molecule has 1 heterocycles. The number of aliphatic hydroxyl groups is 1. The van der Waals surface area contributed by atoms with E-state index >= 15 is 0 Å². The van der Waals surface area contributed by atoms with Crippen LogP contribution in [-0.2, 0) is 4.74 Å². The van der Waals surface area contributed by atoms with E-state index in [4.69, 9.17) is 4.74 Å². The van der Waals surface area contributed by atoms with E-state index in [9.17, 15) is 5.11 Å². The SMILES string of the molecule is CC(C)(C)CC(O)C1=COCC1. The molecule has 0 radical (unpaired) electrons. The van der Waals surface area contributed by atoms with Gasteiger partial charge in [0.1, 0.15) is 0 Å². The average Bonchev–Trinajstić information content (AvgIpc) is 2.32. The van der Waals surface area contributed by atoms with Crippen molar-refractivity contribution in [1.82, 2.24) is 0 Å². The quantitative estimate of drug-likeness (QED) is 0.687. The van der Waals surface area contributed by atoms with Crippen LogP contribution in [0.15, 0.2) is 11.8 Å². The van der Waals surface area contributed by atoms with Crippen molar-refractivity contribution in [3.05, 3.63) is 11.8 Å². The van der Waals surface area contributed by atoms with Crippen LogP contribution < -0.4 is 0 Å². The highest BCUT2D eigenvalue weighted by atomic mass is 16.5. The topological polar surface area (TPSA) is 29.5 Å². The van der Waals surface area contributed by atoms with Gasteiger partial charge >= 0.3 is 0 Å². The van der Waals surface area contributed by atoms with E-state index in [1.807, 2.05) is 0 Å². The van der Waals surface area contributed by atoms with E-state index in [0.717, 1.165) is 25.0 Å². The van der Waals surface area contributed by atoms with Gasteiger partial charge in [-0.3, -0.25) is 0 Å². The summed E-state index contributed by atoms with van der Waals surface area (Å²) < 4.78 is 5.07. The van der Waals surface area contributed by atoms with Gasteiger partial charge in [0.25, 0.3) is 0 Å². The fourth-order valence-electron chi connectivity index (χ4n) is 1.36. The molecular formula is C10H18O2. The highest BCUT2D eigenvalue weighted by Crippen LogP contribution is 2.26. The third-order valence-corrected chi connectivity index (χ3v) is 1.98. The molecule has 0 aromatic rings. The summed E-state index contributed by atoms with van der Waals surface area (Å²) in [6.45, 7) is 7.13. The molecule has 12 heavy (non-hydrogen) atoms. The highest BCUT2D eigenvalue weighted by molar-refractivity contribution is 5.08. The predicted octanol–water partition coefficient (Wildman–Crippen LogP) is 2.09. The van der Waals surface area contributed by atoms with Crippen LogP contribution in [-0.4, -0.2) is 17.8 Å². The minimum absolute atomic E-state index is 0.183. The summed E-state index contributed by atoms with van der Waals surface area (Å²) in [4.78, 5) is 0. The van der Waals surface area contributed by atoms with Gasteiger partial charge in [0.2, 0.25) is 0 Å². The number of ether oxygens (including phenoxy) is 1. The maximum absolute atomic E-state index is 9.74. The molecule has 0 amide bonds. The van der Waals surface area contributed by atoms with Gasteiger partial charge in [0.05, 0.1) is 19.0 Å². The van der Waals surface area contributed by atoms with Gasteiger partial charge in [-0.1, -0.05) is 20.8 Å². The maximum Gasteiger partial charge on any atom is 0.0912 e. The zero-order valence-electron chi connectivity index (χ0n) is 8.13. The maximum atomic E-state index is 9.74. The molecule has 0 saturated carbocycles. The molecule has 0 aromatic heterocycles. The molecule has 0 fully saturated rings. The van der Waals surface area contributed by atoms with Gasteiger partial charge in [-0.05, 0) is 17.4 Å². The van der Waals surface area contributed by atoms with Crippen molar-refractivity contribution in [3.8, 4) is 0 Å².